The molecule has 0 saturated carbocycles. The number of thiophene rings is 1. The number of nitrogens with two attached hydrogens (primary N) is 1. The molecule has 4 nitrogen and oxygen atoms in total. The Morgan fingerprint density at radius 1 is 1.65 bits per heavy atom. The van der Waals surface area contributed by atoms with Gasteiger partial charge in [0.25, 0.3) is 0 Å². The lowest BCUT2D eigenvalue weighted by Gasteiger charge is -2.31. The first-order valence-corrected chi connectivity index (χ1v) is 6.69. The summed E-state index contributed by atoms with van der Waals surface area (Å²) in [6.07, 6.45) is 1.82. The fourth-order valence-corrected chi connectivity index (χ4v) is 2.77. The van der Waals surface area contributed by atoms with Crippen molar-refractivity contribution in [3.63, 3.8) is 0 Å². The number of likely N-dealkylation sites (N-methyl/N-ethyl adjacent to an activating group) is 1. The normalized spacial score (nSPS) is 16.1. The summed E-state index contributed by atoms with van der Waals surface area (Å²) in [4.78, 5) is 3.52. The van der Waals surface area contributed by atoms with Crippen LogP contribution in [0.5, 0.6) is 0 Å². The second kappa shape index (κ2) is 6.61. The molecule has 1 aromatic heterocycles. The molecule has 0 amide bonds. The maximum Gasteiger partial charge on any atom is 0.156 e. The molecular formula is C12H21N3OS. The van der Waals surface area contributed by atoms with Gasteiger partial charge in [0.1, 0.15) is 0 Å². The molecule has 2 unspecified atom stereocenters. The SMILES string of the molecule is CCC(C(N)=NO)N(C)C(C)Cc1cccs1. The highest BCUT2D eigenvalue weighted by Gasteiger charge is 2.22. The molecule has 96 valence electrons. The van der Waals surface area contributed by atoms with Crippen LogP contribution in [0.1, 0.15) is 25.1 Å². The molecule has 0 fully saturated rings. The zero-order valence-electron chi connectivity index (χ0n) is 10.6. The Hall–Kier alpha value is -1.07. The van der Waals surface area contributed by atoms with Crippen LogP contribution in [0.4, 0.5) is 0 Å². The van der Waals surface area contributed by atoms with Gasteiger partial charge in [0.2, 0.25) is 0 Å². The molecule has 0 spiro atoms. The van der Waals surface area contributed by atoms with Gasteiger partial charge in [0.05, 0.1) is 6.04 Å². The van der Waals surface area contributed by atoms with Gasteiger partial charge in [-0.1, -0.05) is 18.1 Å². The van der Waals surface area contributed by atoms with Crippen LogP contribution in [-0.4, -0.2) is 35.1 Å². The van der Waals surface area contributed by atoms with E-state index in [2.05, 4.69) is 34.5 Å². The third kappa shape index (κ3) is 3.71. The Morgan fingerprint density at radius 3 is 2.82 bits per heavy atom. The highest BCUT2D eigenvalue weighted by molar-refractivity contribution is 7.09. The van der Waals surface area contributed by atoms with E-state index in [4.69, 9.17) is 10.9 Å². The summed E-state index contributed by atoms with van der Waals surface area (Å²) in [5.41, 5.74) is 5.70. The molecule has 0 aliphatic heterocycles. The minimum absolute atomic E-state index is 0.00466. The maximum atomic E-state index is 8.76. The van der Waals surface area contributed by atoms with Crippen molar-refractivity contribution in [1.82, 2.24) is 4.90 Å². The first kappa shape index (κ1) is 14.0. The first-order chi connectivity index (χ1) is 8.10. The summed E-state index contributed by atoms with van der Waals surface area (Å²) in [6.45, 7) is 4.20. The molecule has 3 N–H and O–H groups in total. The number of oxime groups is 1. The number of nitrogens with zero attached hydrogens (tertiary/aromatic N) is 2. The molecule has 0 bridgehead atoms. The number of amidine groups is 1. The largest absolute Gasteiger partial charge is 0.409 e. The van der Waals surface area contributed by atoms with Crippen molar-refractivity contribution in [3.05, 3.63) is 22.4 Å². The number of hydrogen-bond acceptors (Lipinski definition) is 4. The fourth-order valence-electron chi connectivity index (χ4n) is 1.94. The van der Waals surface area contributed by atoms with Gasteiger partial charge >= 0.3 is 0 Å². The van der Waals surface area contributed by atoms with Gasteiger partial charge in [-0.3, -0.25) is 4.90 Å². The van der Waals surface area contributed by atoms with E-state index < -0.39 is 0 Å². The zero-order chi connectivity index (χ0) is 12.8. The van der Waals surface area contributed by atoms with Gasteiger partial charge in [0.15, 0.2) is 5.84 Å². The predicted molar refractivity (Wildman–Crippen MR) is 72.7 cm³/mol. The Morgan fingerprint density at radius 2 is 2.35 bits per heavy atom. The third-order valence-electron chi connectivity index (χ3n) is 3.11. The standard InChI is InChI=1S/C12H21N3OS/c1-4-11(12(13)14-16)15(3)9(2)8-10-6-5-7-17-10/h5-7,9,11,16H,4,8H2,1-3H3,(H2,13,14). The lowest BCUT2D eigenvalue weighted by Crippen LogP contribution is -2.47. The van der Waals surface area contributed by atoms with Gasteiger partial charge in [-0.25, -0.2) is 0 Å². The molecule has 0 saturated heterocycles. The van der Waals surface area contributed by atoms with Gasteiger partial charge in [-0.15, -0.1) is 11.3 Å². The van der Waals surface area contributed by atoms with Crippen molar-refractivity contribution in [2.24, 2.45) is 10.9 Å². The van der Waals surface area contributed by atoms with E-state index in [-0.39, 0.29) is 11.9 Å². The molecule has 17 heavy (non-hydrogen) atoms. The fraction of sp³-hybridized carbons (Fsp3) is 0.583. The van der Waals surface area contributed by atoms with Crippen LogP contribution in [0.2, 0.25) is 0 Å². The van der Waals surface area contributed by atoms with E-state index in [1.54, 1.807) is 11.3 Å². The van der Waals surface area contributed by atoms with Gasteiger partial charge in [-0.05, 0) is 38.3 Å². The Balaban J connectivity index is 2.64. The molecule has 0 aliphatic rings. The number of hydrogen-bond donors (Lipinski definition) is 2. The summed E-state index contributed by atoms with van der Waals surface area (Å²) >= 11 is 1.76. The molecule has 1 heterocycles. The Kier molecular flexibility index (Phi) is 5.44. The van der Waals surface area contributed by atoms with Crippen LogP contribution in [0.25, 0.3) is 0 Å². The minimum atomic E-state index is -0.00466. The van der Waals surface area contributed by atoms with E-state index in [1.165, 1.54) is 4.88 Å². The lowest BCUT2D eigenvalue weighted by atomic mass is 10.1. The Labute approximate surface area is 107 Å². The summed E-state index contributed by atoms with van der Waals surface area (Å²) in [6, 6.07) is 4.56. The van der Waals surface area contributed by atoms with Crippen LogP contribution >= 0.6 is 11.3 Å². The highest BCUT2D eigenvalue weighted by atomic mass is 32.1. The molecule has 0 radical (unpaired) electrons. The van der Waals surface area contributed by atoms with Crippen molar-refractivity contribution in [1.29, 1.82) is 0 Å². The zero-order valence-corrected chi connectivity index (χ0v) is 11.4. The molecule has 1 aromatic rings. The van der Waals surface area contributed by atoms with Crippen LogP contribution in [0.15, 0.2) is 22.7 Å². The van der Waals surface area contributed by atoms with Crippen LogP contribution in [0, 0.1) is 0 Å². The maximum absolute atomic E-state index is 8.76. The molecule has 1 rings (SSSR count). The van der Waals surface area contributed by atoms with Crippen molar-refractivity contribution in [3.8, 4) is 0 Å². The van der Waals surface area contributed by atoms with Gasteiger partial charge in [-0.2, -0.15) is 0 Å². The lowest BCUT2D eigenvalue weighted by molar-refractivity contribution is 0.214. The van der Waals surface area contributed by atoms with E-state index in [0.717, 1.165) is 12.8 Å². The van der Waals surface area contributed by atoms with Crippen LogP contribution < -0.4 is 5.73 Å². The van der Waals surface area contributed by atoms with Crippen LogP contribution in [0.3, 0.4) is 0 Å². The topological polar surface area (TPSA) is 61.9 Å². The van der Waals surface area contributed by atoms with Gasteiger partial charge < -0.3 is 10.9 Å². The second-order valence-electron chi connectivity index (χ2n) is 4.25. The third-order valence-corrected chi connectivity index (χ3v) is 4.01. The van der Waals surface area contributed by atoms with Crippen molar-refractivity contribution in [2.45, 2.75) is 38.8 Å². The van der Waals surface area contributed by atoms with E-state index in [9.17, 15) is 0 Å². The molecule has 0 aromatic carbocycles. The van der Waals surface area contributed by atoms with Crippen molar-refractivity contribution >= 4 is 17.2 Å². The molecule has 2 atom stereocenters. The second-order valence-corrected chi connectivity index (χ2v) is 5.28. The van der Waals surface area contributed by atoms with Gasteiger partial charge in [0, 0.05) is 10.9 Å². The smallest absolute Gasteiger partial charge is 0.156 e. The van der Waals surface area contributed by atoms with E-state index in [0.29, 0.717) is 6.04 Å². The summed E-state index contributed by atoms with van der Waals surface area (Å²) in [5, 5.41) is 14.0. The molecule has 5 heteroatoms. The minimum Gasteiger partial charge on any atom is -0.409 e. The number of rotatable bonds is 6. The highest BCUT2D eigenvalue weighted by Crippen LogP contribution is 2.16. The Bertz CT molecular complexity index is 351. The summed E-state index contributed by atoms with van der Waals surface area (Å²) in [7, 11) is 2.02. The average Bonchev–Trinajstić information content (AvgIpc) is 2.82. The predicted octanol–water partition coefficient (Wildman–Crippen LogP) is 2.14. The first-order valence-electron chi connectivity index (χ1n) is 5.81. The average molecular weight is 255 g/mol. The van der Waals surface area contributed by atoms with Crippen molar-refractivity contribution in [2.75, 3.05) is 7.05 Å². The molecule has 0 aliphatic carbocycles. The quantitative estimate of drug-likeness (QED) is 0.354. The monoisotopic (exact) mass is 255 g/mol. The summed E-state index contributed by atoms with van der Waals surface area (Å²) in [5.74, 6) is 0.285. The van der Waals surface area contributed by atoms with E-state index >= 15 is 0 Å². The van der Waals surface area contributed by atoms with Crippen molar-refractivity contribution < 1.29 is 5.21 Å². The van der Waals surface area contributed by atoms with Crippen LogP contribution in [-0.2, 0) is 6.42 Å². The summed E-state index contributed by atoms with van der Waals surface area (Å²) < 4.78 is 0. The van der Waals surface area contributed by atoms with E-state index in [1.807, 2.05) is 14.0 Å². The molecular weight excluding hydrogens is 234 g/mol.